The number of hydrogen-bond acceptors (Lipinski definition) is 0. The van der Waals surface area contributed by atoms with Crippen LogP contribution in [-0.2, 0) is 19.4 Å². The van der Waals surface area contributed by atoms with Crippen molar-refractivity contribution in [3.05, 3.63) is 0 Å². The van der Waals surface area contributed by atoms with Gasteiger partial charge in [-0.05, 0) is 18.4 Å². The minimum Gasteiger partial charge on any atom is -0.139 e. The lowest BCUT2D eigenvalue weighted by Crippen LogP contribution is -1.70. The van der Waals surface area contributed by atoms with Crippen LogP contribution in [0.15, 0.2) is 0 Å². The zero-order valence-electron chi connectivity index (χ0n) is 3.52. The fraction of sp³-hybridized carbons (Fsp3) is 0.667. The molecule has 0 spiro atoms. The van der Waals surface area contributed by atoms with Gasteiger partial charge in [-0.2, -0.15) is 0 Å². The predicted molar refractivity (Wildman–Crippen MR) is 33.7 cm³/mol. The van der Waals surface area contributed by atoms with Gasteiger partial charge >= 0.3 is 0 Å². The summed E-state index contributed by atoms with van der Waals surface area (Å²) in [6.45, 7) is 0. The van der Waals surface area contributed by atoms with Crippen molar-refractivity contribution in [2.45, 2.75) is 0 Å². The highest BCUT2D eigenvalue weighted by atomic mass is 32.8. The van der Waals surface area contributed by atoms with Crippen molar-refractivity contribution in [3.8, 4) is 0 Å². The SMILES string of the molecule is C=S=S(C)C. The molecule has 0 aliphatic rings. The molecule has 0 saturated carbocycles. The van der Waals surface area contributed by atoms with E-state index in [-0.39, 0.29) is 0 Å². The van der Waals surface area contributed by atoms with Crippen molar-refractivity contribution >= 4 is 25.2 Å². The maximum atomic E-state index is 3.61. The Balaban J connectivity index is 3.60. The Labute approximate surface area is 38.3 Å². The van der Waals surface area contributed by atoms with Crippen molar-refractivity contribution in [3.63, 3.8) is 0 Å². The molecule has 0 nitrogen and oxygen atoms in total. The van der Waals surface area contributed by atoms with E-state index in [0.717, 1.165) is 0 Å². The third-order valence-corrected chi connectivity index (χ3v) is 2.12. The molecule has 0 amide bonds. The van der Waals surface area contributed by atoms with Gasteiger partial charge in [-0.3, -0.25) is 0 Å². The van der Waals surface area contributed by atoms with Gasteiger partial charge in [0.25, 0.3) is 0 Å². The van der Waals surface area contributed by atoms with E-state index in [0.29, 0.717) is 9.45 Å². The summed E-state index contributed by atoms with van der Waals surface area (Å²) in [5.74, 6) is 3.61. The molecule has 0 N–H and O–H groups in total. The topological polar surface area (TPSA) is 0 Å². The second kappa shape index (κ2) is 2.67. The molecule has 0 aliphatic carbocycles. The molecule has 0 aromatic heterocycles. The van der Waals surface area contributed by atoms with Crippen LogP contribution in [0.25, 0.3) is 0 Å². The maximum Gasteiger partial charge on any atom is -0.0148 e. The molecule has 0 aromatic rings. The summed E-state index contributed by atoms with van der Waals surface area (Å²) in [5.41, 5.74) is 0. The van der Waals surface area contributed by atoms with Gasteiger partial charge in [0.2, 0.25) is 0 Å². The highest BCUT2D eigenvalue weighted by Crippen LogP contribution is 1.54. The average molecular weight is 108 g/mol. The molecule has 5 heavy (non-hydrogen) atoms. The highest BCUT2D eigenvalue weighted by Gasteiger charge is 1.53. The first-order chi connectivity index (χ1) is 2.27. The Morgan fingerprint density at radius 3 is 1.80 bits per heavy atom. The summed E-state index contributed by atoms with van der Waals surface area (Å²) in [6, 6.07) is 0. The van der Waals surface area contributed by atoms with Crippen LogP contribution in [0.1, 0.15) is 0 Å². The molecule has 32 valence electrons. The van der Waals surface area contributed by atoms with Gasteiger partial charge < -0.3 is 0 Å². The Kier molecular flexibility index (Phi) is 2.90. The lowest BCUT2D eigenvalue weighted by Gasteiger charge is -1.71. The lowest BCUT2D eigenvalue weighted by molar-refractivity contribution is 2.35. The molecule has 0 bridgehead atoms. The van der Waals surface area contributed by atoms with Crippen molar-refractivity contribution in [2.24, 2.45) is 0 Å². The average Bonchev–Trinajstić information content (AvgIpc) is 1.38. The predicted octanol–water partition coefficient (Wildman–Crippen LogP) is 0.294. The van der Waals surface area contributed by atoms with Crippen LogP contribution in [0.2, 0.25) is 0 Å². The van der Waals surface area contributed by atoms with E-state index in [1.54, 1.807) is 9.91 Å². The molecular weight excluding hydrogens is 100 g/mol. The molecular formula is C3H8S2. The molecule has 0 atom stereocenters. The van der Waals surface area contributed by atoms with Gasteiger partial charge in [0, 0.05) is 0 Å². The summed E-state index contributed by atoms with van der Waals surface area (Å²) in [5, 5.41) is 0. The van der Waals surface area contributed by atoms with Crippen LogP contribution in [0.5, 0.6) is 0 Å². The van der Waals surface area contributed by atoms with Gasteiger partial charge in [-0.15, -0.1) is 19.4 Å². The van der Waals surface area contributed by atoms with Crippen LogP contribution in [-0.4, -0.2) is 18.4 Å². The largest absolute Gasteiger partial charge is 0.139 e. The summed E-state index contributed by atoms with van der Waals surface area (Å²) >= 11 is 0. The molecule has 0 saturated heterocycles. The molecule has 0 fully saturated rings. The quantitative estimate of drug-likeness (QED) is 0.391. The van der Waals surface area contributed by atoms with Gasteiger partial charge in [-0.1, -0.05) is 0 Å². The van der Waals surface area contributed by atoms with E-state index < -0.39 is 0 Å². The summed E-state index contributed by atoms with van der Waals surface area (Å²) < 4.78 is 0. The number of hydrogen-bond donors (Lipinski definition) is 0. The first-order valence-corrected chi connectivity index (χ1v) is 4.82. The molecule has 0 aromatic carbocycles. The smallest absolute Gasteiger partial charge is 0.0148 e. The van der Waals surface area contributed by atoms with E-state index in [1.165, 1.54) is 0 Å². The van der Waals surface area contributed by atoms with Crippen molar-refractivity contribution < 1.29 is 0 Å². The maximum absolute atomic E-state index is 3.61. The van der Waals surface area contributed by atoms with Crippen LogP contribution >= 0.6 is 0 Å². The van der Waals surface area contributed by atoms with Gasteiger partial charge in [0.05, 0.1) is 0 Å². The summed E-state index contributed by atoms with van der Waals surface area (Å²) in [6.07, 6.45) is 4.30. The minimum atomic E-state index is 0.483. The Hall–Kier alpha value is 0.440. The molecule has 0 heterocycles. The van der Waals surface area contributed by atoms with Crippen LogP contribution in [0, 0.1) is 0 Å². The molecule has 0 rings (SSSR count). The second-order valence-corrected chi connectivity index (χ2v) is 5.29. The molecule has 0 radical (unpaired) electrons. The highest BCUT2D eigenvalue weighted by molar-refractivity contribution is 8.33. The minimum absolute atomic E-state index is 0.483. The zero-order chi connectivity index (χ0) is 4.28. The van der Waals surface area contributed by atoms with E-state index in [4.69, 9.17) is 0 Å². The van der Waals surface area contributed by atoms with Gasteiger partial charge in [0.15, 0.2) is 0 Å². The summed E-state index contributed by atoms with van der Waals surface area (Å²) in [4.78, 5) is 0. The summed E-state index contributed by atoms with van der Waals surface area (Å²) in [7, 11) is 2.14. The molecule has 2 heteroatoms. The standard InChI is InChI=1S/C3H8S2/c1-4-5(2)3/h1H2,2-3H3. The Morgan fingerprint density at radius 1 is 1.60 bits per heavy atom. The van der Waals surface area contributed by atoms with Gasteiger partial charge in [0.1, 0.15) is 0 Å². The van der Waals surface area contributed by atoms with E-state index in [9.17, 15) is 0 Å². The fourth-order valence-corrected chi connectivity index (χ4v) is 0. The Bertz CT molecular complexity index is 65.0. The van der Waals surface area contributed by atoms with Gasteiger partial charge in [-0.25, -0.2) is 0 Å². The normalized spacial score (nSPS) is 8.60. The van der Waals surface area contributed by atoms with Crippen molar-refractivity contribution in [2.75, 3.05) is 12.5 Å². The molecule has 0 aliphatic heterocycles. The monoisotopic (exact) mass is 108 g/mol. The van der Waals surface area contributed by atoms with E-state index in [1.807, 2.05) is 0 Å². The lowest BCUT2D eigenvalue weighted by atomic mass is 11.9. The number of rotatable bonds is 0. The Morgan fingerprint density at radius 2 is 1.80 bits per heavy atom. The zero-order valence-corrected chi connectivity index (χ0v) is 5.16. The van der Waals surface area contributed by atoms with Crippen LogP contribution in [0.4, 0.5) is 0 Å². The van der Waals surface area contributed by atoms with Crippen molar-refractivity contribution in [1.29, 1.82) is 0 Å². The van der Waals surface area contributed by atoms with E-state index in [2.05, 4.69) is 18.4 Å². The fourth-order valence-electron chi connectivity index (χ4n) is 0. The van der Waals surface area contributed by atoms with Crippen LogP contribution in [0.3, 0.4) is 0 Å². The third kappa shape index (κ3) is 4.44. The molecule has 0 unspecified atom stereocenters. The van der Waals surface area contributed by atoms with E-state index >= 15 is 0 Å². The first kappa shape index (κ1) is 5.44. The second-order valence-electron chi connectivity index (χ2n) is 0.859. The van der Waals surface area contributed by atoms with Crippen molar-refractivity contribution in [1.82, 2.24) is 0 Å². The third-order valence-electron chi connectivity index (χ3n) is 0.236. The first-order valence-electron chi connectivity index (χ1n) is 1.27. The van der Waals surface area contributed by atoms with Crippen LogP contribution < -0.4 is 0 Å².